The van der Waals surface area contributed by atoms with Crippen molar-refractivity contribution in [2.75, 3.05) is 19.6 Å². The molecule has 26 heavy (non-hydrogen) atoms. The molecule has 2 heterocycles. The molecule has 0 aromatic heterocycles. The van der Waals surface area contributed by atoms with Gasteiger partial charge in [-0.2, -0.15) is 0 Å². The van der Waals surface area contributed by atoms with Gasteiger partial charge in [-0.05, 0) is 57.0 Å². The smallest absolute Gasteiger partial charge is 0.255 e. The van der Waals surface area contributed by atoms with E-state index in [0.717, 1.165) is 32.4 Å². The Kier molecular flexibility index (Phi) is 5.55. The highest BCUT2D eigenvalue weighted by Gasteiger charge is 2.29. The molecule has 2 aliphatic heterocycles. The molecule has 0 saturated carbocycles. The third-order valence-electron chi connectivity index (χ3n) is 5.05. The summed E-state index contributed by atoms with van der Waals surface area (Å²) in [5.74, 6) is 0.156. The Morgan fingerprint density at radius 1 is 1.42 bits per heavy atom. The number of nitrogens with two attached hydrogens (primary N) is 1. The summed E-state index contributed by atoms with van der Waals surface area (Å²) in [4.78, 5) is 15.1. The van der Waals surface area contributed by atoms with E-state index < -0.39 is 10.0 Å². The molecule has 2 aliphatic rings. The maximum absolute atomic E-state index is 12.8. The Morgan fingerprint density at radius 3 is 2.88 bits per heavy atom. The maximum Gasteiger partial charge on any atom is 0.255 e. The van der Waals surface area contributed by atoms with Gasteiger partial charge < -0.3 is 10.1 Å². The van der Waals surface area contributed by atoms with E-state index in [1.54, 1.807) is 0 Å². The number of hydrogen-bond acceptors (Lipinski definition) is 5. The molecular weight excluding hydrogens is 354 g/mol. The highest BCUT2D eigenvalue weighted by atomic mass is 32.2. The van der Waals surface area contributed by atoms with Crippen LogP contribution in [0.2, 0.25) is 0 Å². The van der Waals surface area contributed by atoms with Crippen molar-refractivity contribution in [2.45, 2.75) is 56.6 Å². The predicted octanol–water partition coefficient (Wildman–Crippen LogP) is 1.26. The summed E-state index contributed by atoms with van der Waals surface area (Å²) in [5, 5.41) is 8.23. The van der Waals surface area contributed by atoms with E-state index in [2.05, 4.69) is 17.1 Å². The summed E-state index contributed by atoms with van der Waals surface area (Å²) < 4.78 is 29.3. The zero-order chi connectivity index (χ0) is 18.9. The molecule has 2 unspecified atom stereocenters. The molecule has 3 N–H and O–H groups in total. The fraction of sp³-hybridized carbons (Fsp3) is 0.611. The van der Waals surface area contributed by atoms with Gasteiger partial charge >= 0.3 is 0 Å². The summed E-state index contributed by atoms with van der Waals surface area (Å²) in [7, 11) is -3.89. The number of fused-ring (bicyclic) bond motifs is 1. The van der Waals surface area contributed by atoms with Gasteiger partial charge in [-0.1, -0.05) is 6.92 Å². The minimum Gasteiger partial charge on any atom is -0.489 e. The number of nitrogens with one attached hydrogen (secondary N) is 1. The minimum absolute atomic E-state index is 0.0485. The fourth-order valence-corrected chi connectivity index (χ4v) is 4.44. The van der Waals surface area contributed by atoms with E-state index in [4.69, 9.17) is 9.88 Å². The summed E-state index contributed by atoms with van der Waals surface area (Å²) >= 11 is 0. The lowest BCUT2D eigenvalue weighted by molar-refractivity contribution is 0.0936. The molecule has 3 rings (SSSR count). The van der Waals surface area contributed by atoms with Crippen LogP contribution in [0.1, 0.15) is 49.0 Å². The fourth-order valence-electron chi connectivity index (χ4n) is 3.85. The monoisotopic (exact) mass is 381 g/mol. The van der Waals surface area contributed by atoms with Gasteiger partial charge in [0.2, 0.25) is 10.0 Å². The SMILES string of the molecule is CCCN1CCCC1CNC(=O)c1cc(S(N)(=O)=O)cc2c1OC(C)C2. The first kappa shape index (κ1) is 19.1. The number of benzene rings is 1. The molecule has 1 fully saturated rings. The molecule has 1 aromatic rings. The average molecular weight is 381 g/mol. The molecule has 0 radical (unpaired) electrons. The Hall–Kier alpha value is -1.64. The second-order valence-corrected chi connectivity index (χ2v) is 8.74. The van der Waals surface area contributed by atoms with Crippen molar-refractivity contribution in [1.82, 2.24) is 10.2 Å². The van der Waals surface area contributed by atoms with Gasteiger partial charge in [-0.3, -0.25) is 9.69 Å². The first-order chi connectivity index (χ1) is 12.3. The number of sulfonamides is 1. The zero-order valence-corrected chi connectivity index (χ0v) is 16.1. The quantitative estimate of drug-likeness (QED) is 0.772. The molecule has 0 aliphatic carbocycles. The standard InChI is InChI=1S/C18H27N3O4S/c1-3-6-21-7-4-5-14(21)11-20-18(22)16-10-15(26(19,23)24)9-13-8-12(2)25-17(13)16/h9-10,12,14H,3-8,11H2,1-2H3,(H,20,22)(H2,19,23,24). The molecule has 144 valence electrons. The van der Waals surface area contributed by atoms with E-state index in [-0.39, 0.29) is 22.5 Å². The first-order valence-corrected chi connectivity index (χ1v) is 10.7. The molecule has 8 heteroatoms. The zero-order valence-electron chi connectivity index (χ0n) is 15.3. The van der Waals surface area contributed by atoms with Gasteiger partial charge in [-0.15, -0.1) is 0 Å². The molecule has 1 saturated heterocycles. The van der Waals surface area contributed by atoms with Crippen LogP contribution in [0.5, 0.6) is 5.75 Å². The van der Waals surface area contributed by atoms with Crippen LogP contribution in [0.25, 0.3) is 0 Å². The molecule has 2 atom stereocenters. The van der Waals surface area contributed by atoms with Crippen LogP contribution in [0, 0.1) is 0 Å². The van der Waals surface area contributed by atoms with Crippen molar-refractivity contribution in [1.29, 1.82) is 0 Å². The second kappa shape index (κ2) is 7.54. The topological polar surface area (TPSA) is 102 Å². The maximum atomic E-state index is 12.8. The highest BCUT2D eigenvalue weighted by Crippen LogP contribution is 2.35. The van der Waals surface area contributed by atoms with Crippen molar-refractivity contribution < 1.29 is 17.9 Å². The third-order valence-corrected chi connectivity index (χ3v) is 5.94. The average Bonchev–Trinajstić information content (AvgIpc) is 3.16. The van der Waals surface area contributed by atoms with E-state index in [0.29, 0.717) is 30.3 Å². The van der Waals surface area contributed by atoms with Gasteiger partial charge in [0.15, 0.2) is 0 Å². The van der Waals surface area contributed by atoms with Crippen LogP contribution in [0.15, 0.2) is 17.0 Å². The Bertz CT molecular complexity index is 794. The van der Waals surface area contributed by atoms with Gasteiger partial charge in [0.1, 0.15) is 11.9 Å². The Labute approximate surface area is 154 Å². The summed E-state index contributed by atoms with van der Waals surface area (Å²) in [6.07, 6.45) is 3.74. The first-order valence-electron chi connectivity index (χ1n) is 9.18. The number of carbonyl (C=O) groups is 1. The molecule has 7 nitrogen and oxygen atoms in total. The van der Waals surface area contributed by atoms with Crippen LogP contribution in [-0.2, 0) is 16.4 Å². The minimum atomic E-state index is -3.89. The van der Waals surface area contributed by atoms with Gasteiger partial charge in [-0.25, -0.2) is 13.6 Å². The molecule has 0 spiro atoms. The number of primary sulfonamides is 1. The number of amides is 1. The highest BCUT2D eigenvalue weighted by molar-refractivity contribution is 7.89. The van der Waals surface area contributed by atoms with E-state index in [9.17, 15) is 13.2 Å². The number of hydrogen-bond donors (Lipinski definition) is 2. The summed E-state index contributed by atoms with van der Waals surface area (Å²) in [5.41, 5.74) is 0.957. The normalized spacial score (nSPS) is 22.9. The second-order valence-electron chi connectivity index (χ2n) is 7.18. The number of nitrogens with zero attached hydrogens (tertiary/aromatic N) is 1. The van der Waals surface area contributed by atoms with Crippen LogP contribution < -0.4 is 15.2 Å². The van der Waals surface area contributed by atoms with E-state index in [1.165, 1.54) is 12.1 Å². The van der Waals surface area contributed by atoms with Crippen molar-refractivity contribution >= 4 is 15.9 Å². The van der Waals surface area contributed by atoms with Crippen LogP contribution >= 0.6 is 0 Å². The van der Waals surface area contributed by atoms with Crippen LogP contribution in [0.4, 0.5) is 0 Å². The van der Waals surface area contributed by atoms with E-state index >= 15 is 0 Å². The molecule has 1 aromatic carbocycles. The number of rotatable bonds is 6. The van der Waals surface area contributed by atoms with Crippen molar-refractivity contribution in [2.24, 2.45) is 5.14 Å². The van der Waals surface area contributed by atoms with E-state index in [1.807, 2.05) is 6.92 Å². The largest absolute Gasteiger partial charge is 0.489 e. The summed E-state index contributed by atoms with van der Waals surface area (Å²) in [6, 6.07) is 3.15. The molecular formula is C18H27N3O4S. The van der Waals surface area contributed by atoms with Crippen LogP contribution in [0.3, 0.4) is 0 Å². The lowest BCUT2D eigenvalue weighted by Crippen LogP contribution is -2.40. The van der Waals surface area contributed by atoms with Gasteiger partial charge in [0.05, 0.1) is 10.5 Å². The number of ether oxygens (including phenoxy) is 1. The molecule has 0 bridgehead atoms. The Balaban J connectivity index is 1.80. The van der Waals surface area contributed by atoms with Crippen molar-refractivity contribution in [3.8, 4) is 5.75 Å². The number of likely N-dealkylation sites (tertiary alicyclic amines) is 1. The molecule has 1 amide bonds. The van der Waals surface area contributed by atoms with Crippen molar-refractivity contribution in [3.05, 3.63) is 23.3 Å². The van der Waals surface area contributed by atoms with Gasteiger partial charge in [0.25, 0.3) is 5.91 Å². The lowest BCUT2D eigenvalue weighted by Gasteiger charge is -2.24. The van der Waals surface area contributed by atoms with Crippen molar-refractivity contribution in [3.63, 3.8) is 0 Å². The summed E-state index contributed by atoms with van der Waals surface area (Å²) in [6.45, 7) is 6.67. The van der Waals surface area contributed by atoms with Gasteiger partial charge in [0, 0.05) is 19.0 Å². The predicted molar refractivity (Wildman–Crippen MR) is 98.8 cm³/mol. The van der Waals surface area contributed by atoms with Crippen LogP contribution in [-0.4, -0.2) is 51.0 Å². The lowest BCUT2D eigenvalue weighted by atomic mass is 10.1. The number of carbonyl (C=O) groups excluding carboxylic acids is 1. The third kappa shape index (κ3) is 4.02. The Morgan fingerprint density at radius 2 is 2.19 bits per heavy atom.